The number of ether oxygens (including phenoxy) is 1. The Morgan fingerprint density at radius 3 is 2.10 bits per heavy atom. The van der Waals surface area contributed by atoms with E-state index in [0.29, 0.717) is 17.9 Å². The maximum absolute atomic E-state index is 12.9. The Bertz CT molecular complexity index is 907. The topological polar surface area (TPSA) is 121 Å². The molecule has 2 aromatic rings. The molecule has 1 unspecified atom stereocenters. The van der Waals surface area contributed by atoms with Crippen molar-refractivity contribution in [2.24, 2.45) is 0 Å². The minimum absolute atomic E-state index is 0. The molecule has 0 amide bonds. The van der Waals surface area contributed by atoms with Gasteiger partial charge in [-0.3, -0.25) is 9.12 Å². The summed E-state index contributed by atoms with van der Waals surface area (Å²) in [6, 6.07) is 12.3. The molecule has 2 aromatic carbocycles. The zero-order valence-corrected chi connectivity index (χ0v) is 15.2. The standard InChI is InChI=1S/C16H18FO7PS.3K.3H/c17-13-7-9-14(10-8-13)24-15-5-1-3-12(11-15)4-2-6-16(25(18,19)20)26(21,22)23;;;;;;/h1,3,5,7-11,16H,2,4,6H2,(H2,18,19,20)(H,21,22,23);;;;;;. The van der Waals surface area contributed by atoms with Gasteiger partial charge in [0.25, 0.3) is 10.1 Å². The van der Waals surface area contributed by atoms with Crippen molar-refractivity contribution in [3.8, 4) is 11.5 Å². The predicted molar refractivity (Wildman–Crippen MR) is 115 cm³/mol. The van der Waals surface area contributed by atoms with Crippen LogP contribution in [-0.4, -0.2) is 182 Å². The fourth-order valence-electron chi connectivity index (χ4n) is 2.37. The number of halogens is 1. The Balaban J connectivity index is 0. The van der Waals surface area contributed by atoms with Crippen LogP contribution in [0.5, 0.6) is 11.5 Å². The number of hydrogen-bond donors (Lipinski definition) is 3. The molecule has 0 heterocycles. The van der Waals surface area contributed by atoms with E-state index in [4.69, 9.17) is 19.1 Å². The van der Waals surface area contributed by atoms with Crippen LogP contribution in [0.2, 0.25) is 0 Å². The van der Waals surface area contributed by atoms with Gasteiger partial charge in [-0.25, -0.2) is 4.39 Å². The van der Waals surface area contributed by atoms with Crippen LogP contribution in [0.15, 0.2) is 48.5 Å². The van der Waals surface area contributed by atoms with Gasteiger partial charge in [-0.05, 0) is 61.2 Å². The molecule has 148 valence electrons. The van der Waals surface area contributed by atoms with Crippen LogP contribution in [0, 0.1) is 5.82 Å². The van der Waals surface area contributed by atoms with Gasteiger partial charge in [0.2, 0.25) is 0 Å². The van der Waals surface area contributed by atoms with Gasteiger partial charge in [0.15, 0.2) is 4.99 Å². The van der Waals surface area contributed by atoms with E-state index in [9.17, 15) is 17.4 Å². The van der Waals surface area contributed by atoms with E-state index in [1.54, 1.807) is 24.3 Å². The summed E-state index contributed by atoms with van der Waals surface area (Å²) in [6.45, 7) is 0. The Morgan fingerprint density at radius 2 is 1.59 bits per heavy atom. The Morgan fingerprint density at radius 1 is 1.00 bits per heavy atom. The molecule has 0 spiro atoms. The van der Waals surface area contributed by atoms with Crippen LogP contribution in [0.3, 0.4) is 0 Å². The van der Waals surface area contributed by atoms with Crippen molar-refractivity contribution < 1.29 is 36.4 Å². The van der Waals surface area contributed by atoms with Crippen molar-refractivity contribution >= 4 is 172 Å². The van der Waals surface area contributed by atoms with Crippen molar-refractivity contribution in [3.05, 3.63) is 59.9 Å². The fraction of sp³-hybridized carbons (Fsp3) is 0.250. The normalized spacial score (nSPS) is 12.0. The first kappa shape index (κ1) is 34.3. The second-order valence-electron chi connectivity index (χ2n) is 5.65. The van der Waals surface area contributed by atoms with Crippen molar-refractivity contribution in [1.29, 1.82) is 0 Å². The molecule has 0 bridgehead atoms. The molecule has 7 nitrogen and oxygen atoms in total. The van der Waals surface area contributed by atoms with E-state index in [-0.39, 0.29) is 173 Å². The molecular weight excluding hydrogens is 504 g/mol. The van der Waals surface area contributed by atoms with Gasteiger partial charge in [-0.1, -0.05) is 12.1 Å². The molecule has 0 aliphatic carbocycles. The monoisotopic (exact) mass is 524 g/mol. The average Bonchev–Trinajstić information content (AvgIpc) is 2.52. The summed E-state index contributed by atoms with van der Waals surface area (Å²) in [5.74, 6) is 0.538. The molecule has 2 rings (SSSR count). The van der Waals surface area contributed by atoms with Crippen LogP contribution in [0.1, 0.15) is 18.4 Å². The zero-order chi connectivity index (χ0) is 19.4. The summed E-state index contributed by atoms with van der Waals surface area (Å²) in [6.07, 6.45) is 0.0777. The Labute approximate surface area is 297 Å². The Kier molecular flexibility index (Phi) is 18.8. The van der Waals surface area contributed by atoms with Crippen molar-refractivity contribution in [2.45, 2.75) is 24.3 Å². The second kappa shape index (κ2) is 15.9. The molecule has 0 radical (unpaired) electrons. The van der Waals surface area contributed by atoms with Gasteiger partial charge in [-0.15, -0.1) is 0 Å². The molecule has 0 aliphatic rings. The predicted octanol–water partition coefficient (Wildman–Crippen LogP) is 1.39. The van der Waals surface area contributed by atoms with Crippen molar-refractivity contribution in [3.63, 3.8) is 0 Å². The van der Waals surface area contributed by atoms with Gasteiger partial charge in [0, 0.05) is 0 Å². The summed E-state index contributed by atoms with van der Waals surface area (Å²) < 4.78 is 60.9. The molecule has 13 heteroatoms. The third-order valence-corrected chi connectivity index (χ3v) is 7.14. The number of aryl methyl sites for hydroxylation is 1. The quantitative estimate of drug-likeness (QED) is 0.271. The van der Waals surface area contributed by atoms with Crippen LogP contribution in [0.4, 0.5) is 4.39 Å². The molecule has 3 N–H and O–H groups in total. The van der Waals surface area contributed by atoms with E-state index in [0.717, 1.165) is 5.56 Å². The second-order valence-corrected chi connectivity index (χ2v) is 9.40. The van der Waals surface area contributed by atoms with Crippen molar-refractivity contribution in [2.75, 3.05) is 0 Å². The summed E-state index contributed by atoms with van der Waals surface area (Å²) in [5.41, 5.74) is 0.754. The Hall–Kier alpha value is 3.14. The summed E-state index contributed by atoms with van der Waals surface area (Å²) in [7, 11) is -9.82. The first-order valence-electron chi connectivity index (χ1n) is 7.59. The van der Waals surface area contributed by atoms with E-state index in [1.165, 1.54) is 24.3 Å². The molecule has 0 fully saturated rings. The minimum atomic E-state index is -4.97. The van der Waals surface area contributed by atoms with E-state index >= 15 is 0 Å². The fourth-order valence-corrected chi connectivity index (χ4v) is 4.75. The summed E-state index contributed by atoms with van der Waals surface area (Å²) in [5, 5.41) is 0. The first-order chi connectivity index (χ1) is 12.1. The number of rotatable bonds is 8. The van der Waals surface area contributed by atoms with Crippen LogP contribution < -0.4 is 4.74 Å². The number of hydrogen-bond acceptors (Lipinski definition) is 4. The maximum atomic E-state index is 12.9. The van der Waals surface area contributed by atoms with Gasteiger partial charge >= 0.3 is 162 Å². The van der Waals surface area contributed by atoms with Crippen LogP contribution in [0.25, 0.3) is 0 Å². The van der Waals surface area contributed by atoms with Gasteiger partial charge in [0.1, 0.15) is 17.3 Å². The SMILES string of the molecule is O=P(O)(O)C(CCCc1cccc(Oc2ccc(F)cc2)c1)S(=O)(=O)O.[KH].[KH].[KH]. The molecule has 0 saturated carbocycles. The number of benzene rings is 2. The van der Waals surface area contributed by atoms with E-state index in [1.807, 2.05) is 0 Å². The molecular formula is C16H21FK3O7PS. The molecule has 0 aromatic heterocycles. The van der Waals surface area contributed by atoms with E-state index in [2.05, 4.69) is 0 Å². The van der Waals surface area contributed by atoms with Crippen LogP contribution in [-0.2, 0) is 21.1 Å². The van der Waals surface area contributed by atoms with Gasteiger partial charge < -0.3 is 14.5 Å². The summed E-state index contributed by atoms with van der Waals surface area (Å²) in [4.78, 5) is 16.0. The molecule has 29 heavy (non-hydrogen) atoms. The van der Waals surface area contributed by atoms with Crippen LogP contribution >= 0.6 is 7.60 Å². The molecule has 0 aliphatic heterocycles. The van der Waals surface area contributed by atoms with E-state index < -0.39 is 22.7 Å². The molecule has 0 saturated heterocycles. The molecule has 1 atom stereocenters. The van der Waals surface area contributed by atoms with Gasteiger partial charge in [-0.2, -0.15) is 8.42 Å². The summed E-state index contributed by atoms with van der Waals surface area (Å²) >= 11 is 0. The first-order valence-corrected chi connectivity index (χ1v) is 10.8. The average molecular weight is 525 g/mol. The third-order valence-electron chi connectivity index (χ3n) is 3.58. The van der Waals surface area contributed by atoms with Crippen molar-refractivity contribution in [1.82, 2.24) is 0 Å². The third kappa shape index (κ3) is 13.0. The zero-order valence-electron chi connectivity index (χ0n) is 13.5. The van der Waals surface area contributed by atoms with Gasteiger partial charge in [0.05, 0.1) is 0 Å².